The number of hydrogen-bond donors (Lipinski definition) is 0. The van der Waals surface area contributed by atoms with E-state index in [9.17, 15) is 4.79 Å². The Morgan fingerprint density at radius 1 is 1.17 bits per heavy atom. The zero-order valence-corrected chi connectivity index (χ0v) is 16.4. The van der Waals surface area contributed by atoms with E-state index >= 15 is 0 Å². The van der Waals surface area contributed by atoms with Gasteiger partial charge in [-0.25, -0.2) is 0 Å². The summed E-state index contributed by atoms with van der Waals surface area (Å²) in [6.45, 7) is 3.29. The summed E-state index contributed by atoms with van der Waals surface area (Å²) in [6, 6.07) is 15.8. The summed E-state index contributed by atoms with van der Waals surface area (Å²) in [6.07, 6.45) is 2.76. The Bertz CT molecular complexity index is 1020. The SMILES string of the molecule is Cc1cccc(CC(=O)N2CC(Oc3ccc(-c4noc(C5CC5)n4)cc3)C2)c1. The van der Waals surface area contributed by atoms with Crippen LogP contribution in [-0.2, 0) is 11.2 Å². The van der Waals surface area contributed by atoms with E-state index < -0.39 is 0 Å². The Morgan fingerprint density at radius 2 is 1.97 bits per heavy atom. The number of aromatic nitrogens is 2. The van der Waals surface area contributed by atoms with Gasteiger partial charge in [-0.3, -0.25) is 4.79 Å². The standard InChI is InChI=1S/C23H23N3O3/c1-15-3-2-4-16(11-15)12-21(27)26-13-20(14-26)28-19-9-7-17(8-10-19)22-24-23(29-25-22)18-5-6-18/h2-4,7-11,18,20H,5-6,12-14H2,1H3. The lowest BCUT2D eigenvalue weighted by Crippen LogP contribution is -2.56. The van der Waals surface area contributed by atoms with Crippen molar-refractivity contribution in [2.24, 2.45) is 0 Å². The highest BCUT2D eigenvalue weighted by molar-refractivity contribution is 5.79. The summed E-state index contributed by atoms with van der Waals surface area (Å²) >= 11 is 0. The van der Waals surface area contributed by atoms with Crippen molar-refractivity contribution < 1.29 is 14.1 Å². The second-order valence-corrected chi connectivity index (χ2v) is 7.96. The minimum atomic E-state index is 0.0361. The van der Waals surface area contributed by atoms with Crippen molar-refractivity contribution in [2.75, 3.05) is 13.1 Å². The van der Waals surface area contributed by atoms with Gasteiger partial charge in [0.05, 0.1) is 19.5 Å². The van der Waals surface area contributed by atoms with E-state index in [1.54, 1.807) is 0 Å². The highest BCUT2D eigenvalue weighted by Crippen LogP contribution is 2.39. The molecule has 2 aliphatic rings. The molecule has 3 aromatic rings. The quantitative estimate of drug-likeness (QED) is 0.642. The van der Waals surface area contributed by atoms with Crippen LogP contribution in [0, 0.1) is 6.92 Å². The first-order valence-corrected chi connectivity index (χ1v) is 10.1. The van der Waals surface area contributed by atoms with Crippen LogP contribution in [0.4, 0.5) is 0 Å². The van der Waals surface area contributed by atoms with Crippen LogP contribution >= 0.6 is 0 Å². The molecule has 1 saturated carbocycles. The Balaban J connectivity index is 1.12. The van der Waals surface area contributed by atoms with Crippen LogP contribution in [0.3, 0.4) is 0 Å². The Labute approximate surface area is 169 Å². The molecule has 1 saturated heterocycles. The zero-order chi connectivity index (χ0) is 19.8. The number of likely N-dealkylation sites (tertiary alicyclic amines) is 1. The Hall–Kier alpha value is -3.15. The molecule has 2 heterocycles. The van der Waals surface area contributed by atoms with Crippen molar-refractivity contribution in [3.05, 3.63) is 65.5 Å². The lowest BCUT2D eigenvalue weighted by Gasteiger charge is -2.39. The lowest BCUT2D eigenvalue weighted by molar-refractivity contribution is -0.139. The number of ether oxygens (including phenoxy) is 1. The summed E-state index contributed by atoms with van der Waals surface area (Å²) in [4.78, 5) is 18.7. The molecule has 0 atom stereocenters. The van der Waals surface area contributed by atoms with Crippen LogP contribution in [0.15, 0.2) is 53.1 Å². The number of nitrogens with zero attached hydrogens (tertiary/aromatic N) is 3. The fourth-order valence-electron chi connectivity index (χ4n) is 3.55. The van der Waals surface area contributed by atoms with E-state index in [0.29, 0.717) is 31.3 Å². The van der Waals surface area contributed by atoms with Crippen molar-refractivity contribution in [3.63, 3.8) is 0 Å². The zero-order valence-electron chi connectivity index (χ0n) is 16.4. The normalized spacial score (nSPS) is 16.5. The van der Waals surface area contributed by atoms with E-state index in [1.807, 2.05) is 54.3 Å². The number of hydrogen-bond acceptors (Lipinski definition) is 5. The first-order chi connectivity index (χ1) is 14.1. The molecule has 2 fully saturated rings. The molecule has 1 aliphatic heterocycles. The third-order valence-corrected chi connectivity index (χ3v) is 5.42. The number of rotatable bonds is 6. The van der Waals surface area contributed by atoms with E-state index in [4.69, 9.17) is 9.26 Å². The van der Waals surface area contributed by atoms with Gasteiger partial charge in [-0.2, -0.15) is 4.98 Å². The largest absolute Gasteiger partial charge is 0.487 e. The molecule has 1 amide bonds. The topological polar surface area (TPSA) is 68.5 Å². The predicted octanol–water partition coefficient (Wildman–Crippen LogP) is 3.75. The number of benzene rings is 2. The minimum Gasteiger partial charge on any atom is -0.487 e. The van der Waals surface area contributed by atoms with Gasteiger partial charge in [0.2, 0.25) is 17.6 Å². The van der Waals surface area contributed by atoms with Gasteiger partial charge in [0.1, 0.15) is 11.9 Å². The maximum absolute atomic E-state index is 12.4. The van der Waals surface area contributed by atoms with Gasteiger partial charge in [-0.15, -0.1) is 0 Å². The molecular formula is C23H23N3O3. The molecule has 29 heavy (non-hydrogen) atoms. The molecule has 0 spiro atoms. The Morgan fingerprint density at radius 3 is 2.69 bits per heavy atom. The number of carbonyl (C=O) groups excluding carboxylic acids is 1. The third kappa shape index (κ3) is 4.01. The van der Waals surface area contributed by atoms with Crippen molar-refractivity contribution >= 4 is 5.91 Å². The van der Waals surface area contributed by atoms with Crippen LogP contribution < -0.4 is 4.74 Å². The van der Waals surface area contributed by atoms with Gasteiger partial charge < -0.3 is 14.2 Å². The summed E-state index contributed by atoms with van der Waals surface area (Å²) in [5.74, 6) is 2.75. The van der Waals surface area contributed by atoms with Gasteiger partial charge in [0.15, 0.2) is 0 Å². The lowest BCUT2D eigenvalue weighted by atomic mass is 10.1. The van der Waals surface area contributed by atoms with Crippen molar-refractivity contribution in [1.82, 2.24) is 15.0 Å². The van der Waals surface area contributed by atoms with Crippen molar-refractivity contribution in [3.8, 4) is 17.1 Å². The predicted molar refractivity (Wildman–Crippen MR) is 108 cm³/mol. The van der Waals surface area contributed by atoms with E-state index in [-0.39, 0.29) is 12.0 Å². The number of carbonyl (C=O) groups is 1. The highest BCUT2D eigenvalue weighted by atomic mass is 16.5. The van der Waals surface area contributed by atoms with Crippen molar-refractivity contribution in [1.29, 1.82) is 0 Å². The average Bonchev–Trinajstić information content (AvgIpc) is 3.42. The molecular weight excluding hydrogens is 366 g/mol. The molecule has 2 aromatic carbocycles. The van der Waals surface area contributed by atoms with Crippen molar-refractivity contribution in [2.45, 2.75) is 38.2 Å². The summed E-state index contributed by atoms with van der Waals surface area (Å²) in [5.41, 5.74) is 3.14. The maximum atomic E-state index is 12.4. The Kier molecular flexibility index (Phi) is 4.54. The molecule has 0 unspecified atom stereocenters. The molecule has 6 heteroatoms. The number of amides is 1. The van der Waals surface area contributed by atoms with Gasteiger partial charge in [-0.05, 0) is 49.6 Å². The van der Waals surface area contributed by atoms with E-state index in [2.05, 4.69) is 16.2 Å². The molecule has 0 N–H and O–H groups in total. The molecule has 5 rings (SSSR count). The monoisotopic (exact) mass is 389 g/mol. The van der Waals surface area contributed by atoms with Crippen LogP contribution in [0.25, 0.3) is 11.4 Å². The molecule has 1 aromatic heterocycles. The third-order valence-electron chi connectivity index (χ3n) is 5.42. The minimum absolute atomic E-state index is 0.0361. The smallest absolute Gasteiger partial charge is 0.230 e. The molecule has 148 valence electrons. The summed E-state index contributed by atoms with van der Waals surface area (Å²) in [5, 5.41) is 4.06. The van der Waals surface area contributed by atoms with Crippen LogP contribution in [0.5, 0.6) is 5.75 Å². The molecule has 0 radical (unpaired) electrons. The number of aryl methyl sites for hydroxylation is 1. The average molecular weight is 389 g/mol. The first-order valence-electron chi connectivity index (χ1n) is 10.1. The van der Waals surface area contributed by atoms with E-state index in [1.165, 1.54) is 5.56 Å². The molecule has 1 aliphatic carbocycles. The second kappa shape index (κ2) is 7.35. The fourth-order valence-corrected chi connectivity index (χ4v) is 3.55. The van der Waals surface area contributed by atoms with Crippen LogP contribution in [0.2, 0.25) is 0 Å². The van der Waals surface area contributed by atoms with Gasteiger partial charge in [-0.1, -0.05) is 35.0 Å². The highest BCUT2D eigenvalue weighted by Gasteiger charge is 2.32. The van der Waals surface area contributed by atoms with Gasteiger partial charge >= 0.3 is 0 Å². The van der Waals surface area contributed by atoms with Crippen LogP contribution in [-0.4, -0.2) is 40.1 Å². The maximum Gasteiger partial charge on any atom is 0.230 e. The first kappa shape index (κ1) is 17.9. The van der Waals surface area contributed by atoms with Gasteiger partial charge in [0.25, 0.3) is 0 Å². The van der Waals surface area contributed by atoms with Gasteiger partial charge in [0, 0.05) is 11.5 Å². The molecule has 6 nitrogen and oxygen atoms in total. The van der Waals surface area contributed by atoms with E-state index in [0.717, 1.165) is 35.6 Å². The van der Waals surface area contributed by atoms with Crippen LogP contribution in [0.1, 0.15) is 35.8 Å². The fraction of sp³-hybridized carbons (Fsp3) is 0.348. The summed E-state index contributed by atoms with van der Waals surface area (Å²) in [7, 11) is 0. The molecule has 0 bridgehead atoms. The summed E-state index contributed by atoms with van der Waals surface area (Å²) < 4.78 is 11.3. The second-order valence-electron chi connectivity index (χ2n) is 7.96.